The molecule has 0 spiro atoms. The Kier molecular flexibility index (Phi) is 7.76. The Morgan fingerprint density at radius 1 is 1.25 bits per heavy atom. The number of aliphatic carboxylic acids is 1. The Morgan fingerprint density at radius 2 is 2.03 bits per heavy atom. The number of hydrogen-bond donors (Lipinski definition) is 3. The molecule has 2 unspecified atom stereocenters. The molecule has 4 heterocycles. The van der Waals surface area contributed by atoms with Crippen LogP contribution in [0, 0.1) is 0 Å². The van der Waals surface area contributed by atoms with E-state index in [1.165, 1.54) is 27.0 Å². The number of nitrogens with zero attached hydrogens (tertiary/aromatic N) is 3. The summed E-state index contributed by atoms with van der Waals surface area (Å²) in [6.45, 7) is 0.0281. The van der Waals surface area contributed by atoms with Gasteiger partial charge < -0.3 is 44.3 Å². The standard InChI is InChI=1S/C22H22ClN5O5S2.HI/c1-26-5-4-17-18(12-26)34-21(25-17)22(31)28-7-6-27(11-15(28)10-20(29)30)35(32,33)19-9-13-8-14(23)2-3-16(13)24-19;/h2-5,8-9,12,15,21,24H,6-7,10-11H2,1H3,(H,29,30);1H. The van der Waals surface area contributed by atoms with E-state index in [0.29, 0.717) is 15.9 Å². The minimum Gasteiger partial charge on any atom is -1.00 e. The topological polar surface area (TPSA) is 127 Å². The molecule has 36 heavy (non-hydrogen) atoms. The minimum absolute atomic E-state index is 0. The second kappa shape index (κ2) is 10.4. The van der Waals surface area contributed by atoms with Crippen LogP contribution >= 0.6 is 23.4 Å². The molecule has 2 aromatic heterocycles. The predicted molar refractivity (Wildman–Crippen MR) is 131 cm³/mol. The van der Waals surface area contributed by atoms with Crippen molar-refractivity contribution in [1.82, 2.24) is 14.2 Å². The predicted octanol–water partition coefficient (Wildman–Crippen LogP) is -1.13. The number of carboxylic acids is 1. The van der Waals surface area contributed by atoms with E-state index in [4.69, 9.17) is 11.6 Å². The van der Waals surface area contributed by atoms with E-state index in [0.717, 1.165) is 10.6 Å². The van der Waals surface area contributed by atoms with Crippen LogP contribution in [0.4, 0.5) is 5.69 Å². The highest BCUT2D eigenvalue weighted by Crippen LogP contribution is 2.38. The van der Waals surface area contributed by atoms with Crippen LogP contribution in [0.25, 0.3) is 10.9 Å². The zero-order valence-electron chi connectivity index (χ0n) is 19.0. The summed E-state index contributed by atoms with van der Waals surface area (Å²) in [6.07, 6.45) is 3.42. The van der Waals surface area contributed by atoms with Crippen molar-refractivity contribution in [3.8, 4) is 0 Å². The van der Waals surface area contributed by atoms with Crippen LogP contribution in [0.3, 0.4) is 0 Å². The summed E-state index contributed by atoms with van der Waals surface area (Å²) >= 11 is 7.38. The van der Waals surface area contributed by atoms with Gasteiger partial charge in [0.2, 0.25) is 0 Å². The quantitative estimate of drug-likeness (QED) is 0.233. The highest BCUT2D eigenvalue weighted by molar-refractivity contribution is 8.01. The van der Waals surface area contributed by atoms with E-state index < -0.39 is 27.4 Å². The Labute approximate surface area is 234 Å². The maximum Gasteiger partial charge on any atom is 0.305 e. The van der Waals surface area contributed by atoms with Crippen molar-refractivity contribution in [3.63, 3.8) is 0 Å². The molecule has 1 saturated heterocycles. The number of piperazine rings is 1. The maximum atomic E-state index is 13.4. The van der Waals surface area contributed by atoms with Gasteiger partial charge in [0, 0.05) is 41.6 Å². The first kappa shape index (κ1) is 27.0. The summed E-state index contributed by atoms with van der Waals surface area (Å²) in [5, 5.41) is 13.2. The van der Waals surface area contributed by atoms with Gasteiger partial charge in [0.15, 0.2) is 17.8 Å². The smallest absolute Gasteiger partial charge is 0.305 e. The fourth-order valence-electron chi connectivity index (χ4n) is 4.41. The van der Waals surface area contributed by atoms with Crippen molar-refractivity contribution in [2.75, 3.05) is 25.0 Å². The van der Waals surface area contributed by atoms with E-state index in [1.54, 1.807) is 18.2 Å². The third-order valence-electron chi connectivity index (χ3n) is 6.13. The number of hydrogen-bond acceptors (Lipinski definition) is 6. The molecule has 1 fully saturated rings. The second-order valence-electron chi connectivity index (χ2n) is 8.54. The van der Waals surface area contributed by atoms with E-state index in [2.05, 4.69) is 10.3 Å². The van der Waals surface area contributed by atoms with Gasteiger partial charge >= 0.3 is 5.97 Å². The highest BCUT2D eigenvalue weighted by atomic mass is 127. The van der Waals surface area contributed by atoms with Crippen molar-refractivity contribution in [2.24, 2.45) is 7.05 Å². The SMILES string of the molecule is C[n+]1ccc2c(c1)SC(C(=O)N1CCN(S(=O)(=O)c3cc4cc(Cl)ccc4[nH]3)CC1CC(=O)O)N2.[I-]. The highest BCUT2D eigenvalue weighted by Gasteiger charge is 2.41. The van der Waals surface area contributed by atoms with Crippen molar-refractivity contribution in [2.45, 2.75) is 27.8 Å². The van der Waals surface area contributed by atoms with Gasteiger partial charge in [0.05, 0.1) is 23.0 Å². The lowest BCUT2D eigenvalue weighted by molar-refractivity contribution is -0.673. The monoisotopic (exact) mass is 663 g/mol. The molecule has 192 valence electrons. The molecule has 3 aromatic rings. The van der Waals surface area contributed by atoms with E-state index in [-0.39, 0.29) is 61.0 Å². The molecule has 1 amide bonds. The van der Waals surface area contributed by atoms with Crippen LogP contribution in [-0.2, 0) is 26.7 Å². The molecule has 0 saturated carbocycles. The Hall–Kier alpha value is -2.07. The molecule has 2 atom stereocenters. The van der Waals surface area contributed by atoms with Crippen molar-refractivity contribution in [1.29, 1.82) is 0 Å². The van der Waals surface area contributed by atoms with Gasteiger partial charge in [0.25, 0.3) is 15.9 Å². The number of H-pyrrole nitrogens is 1. The van der Waals surface area contributed by atoms with Crippen molar-refractivity contribution >= 4 is 61.9 Å². The summed E-state index contributed by atoms with van der Waals surface area (Å²) in [5.41, 5.74) is 1.46. The van der Waals surface area contributed by atoms with Gasteiger partial charge in [-0.25, -0.2) is 13.0 Å². The van der Waals surface area contributed by atoms with Crippen LogP contribution in [-0.4, -0.2) is 70.6 Å². The average Bonchev–Trinajstić information content (AvgIpc) is 3.42. The number of carboxylic acid groups (broad SMARTS) is 1. The lowest BCUT2D eigenvalue weighted by Crippen LogP contribution is -3.00. The first-order valence-electron chi connectivity index (χ1n) is 10.8. The van der Waals surface area contributed by atoms with E-state index in [1.807, 2.05) is 30.1 Å². The normalized spacial score (nSPS) is 20.0. The Balaban J connectivity index is 0.00000304. The van der Waals surface area contributed by atoms with Crippen LogP contribution in [0.15, 0.2) is 52.6 Å². The van der Waals surface area contributed by atoms with Crippen molar-refractivity contribution in [3.05, 3.63) is 47.7 Å². The number of carbonyl (C=O) groups is 2. The number of nitrogens with one attached hydrogen (secondary N) is 2. The number of carbonyl (C=O) groups excluding carboxylic acids is 1. The number of aromatic amines is 1. The van der Waals surface area contributed by atoms with Crippen LogP contribution in [0.1, 0.15) is 6.42 Å². The van der Waals surface area contributed by atoms with Gasteiger partial charge in [-0.15, -0.1) is 0 Å². The summed E-state index contributed by atoms with van der Waals surface area (Å²) < 4.78 is 29.9. The zero-order chi connectivity index (χ0) is 24.9. The molecule has 2 aliphatic heterocycles. The second-order valence-corrected chi connectivity index (χ2v) is 12.0. The number of fused-ring (bicyclic) bond motifs is 2. The molecule has 0 radical (unpaired) electrons. The van der Waals surface area contributed by atoms with Gasteiger partial charge in [-0.3, -0.25) is 9.59 Å². The average molecular weight is 664 g/mol. The third kappa shape index (κ3) is 5.16. The Morgan fingerprint density at radius 3 is 2.78 bits per heavy atom. The fraction of sp³-hybridized carbons (Fsp3) is 0.318. The molecular formula is C22H23ClIN5O5S2. The molecule has 14 heteroatoms. The number of anilines is 1. The van der Waals surface area contributed by atoms with Gasteiger partial charge in [-0.2, -0.15) is 4.31 Å². The molecule has 2 aliphatic rings. The maximum absolute atomic E-state index is 13.4. The first-order valence-corrected chi connectivity index (χ1v) is 13.5. The number of aromatic nitrogens is 2. The molecule has 1 aromatic carbocycles. The van der Waals surface area contributed by atoms with Crippen molar-refractivity contribution < 1.29 is 51.7 Å². The number of sulfonamides is 1. The number of amides is 1. The first-order chi connectivity index (χ1) is 16.6. The molecule has 3 N–H and O–H groups in total. The zero-order valence-corrected chi connectivity index (χ0v) is 23.6. The number of pyridine rings is 1. The van der Waals surface area contributed by atoms with E-state index >= 15 is 0 Å². The molecule has 0 aliphatic carbocycles. The number of rotatable bonds is 5. The van der Waals surface area contributed by atoms with Gasteiger partial charge in [-0.1, -0.05) is 23.4 Å². The summed E-state index contributed by atoms with van der Waals surface area (Å²) in [4.78, 5) is 30.3. The molecule has 5 rings (SSSR count). The summed E-state index contributed by atoms with van der Waals surface area (Å²) in [6, 6.07) is 7.62. The summed E-state index contributed by atoms with van der Waals surface area (Å²) in [7, 11) is -2.05. The lowest BCUT2D eigenvalue weighted by atomic mass is 10.1. The molecule has 10 nitrogen and oxygen atoms in total. The van der Waals surface area contributed by atoms with Crippen LogP contribution < -0.4 is 33.9 Å². The number of thioether (sulfide) groups is 1. The largest absolute Gasteiger partial charge is 1.00 e. The minimum atomic E-state index is -3.94. The third-order valence-corrected chi connectivity index (χ3v) is 9.29. The number of aryl methyl sites for hydroxylation is 1. The fourth-order valence-corrected chi connectivity index (χ4v) is 7.23. The lowest BCUT2D eigenvalue weighted by Gasteiger charge is -2.40. The van der Waals surface area contributed by atoms with Gasteiger partial charge in [-0.05, 0) is 24.3 Å². The van der Waals surface area contributed by atoms with Crippen LogP contribution in [0.5, 0.6) is 0 Å². The summed E-state index contributed by atoms with van der Waals surface area (Å²) in [5.74, 6) is -1.37. The molecule has 0 bridgehead atoms. The van der Waals surface area contributed by atoms with E-state index in [9.17, 15) is 23.1 Å². The van der Waals surface area contributed by atoms with Gasteiger partial charge in [0.1, 0.15) is 12.1 Å². The number of benzene rings is 1. The molecular weight excluding hydrogens is 641 g/mol. The van der Waals surface area contributed by atoms with Crippen LogP contribution in [0.2, 0.25) is 5.02 Å². The Bertz CT molecular complexity index is 1450. The number of halogens is 2.